The van der Waals surface area contributed by atoms with Crippen LogP contribution in [0.15, 0.2) is 24.8 Å². The van der Waals surface area contributed by atoms with E-state index in [1.54, 1.807) is 6.20 Å². The smallest absolute Gasteiger partial charge is 0.422 e. The van der Waals surface area contributed by atoms with Gasteiger partial charge in [0.25, 0.3) is 6.43 Å². The number of hydrogen-bond acceptors (Lipinski definition) is 8. The van der Waals surface area contributed by atoms with Gasteiger partial charge < -0.3 is 14.5 Å². The minimum Gasteiger partial charge on any atom is -0.467 e. The lowest BCUT2D eigenvalue weighted by atomic mass is 9.78. The van der Waals surface area contributed by atoms with E-state index < -0.39 is 25.8 Å². The molecule has 0 aliphatic carbocycles. The van der Waals surface area contributed by atoms with E-state index in [9.17, 15) is 22.0 Å². The summed E-state index contributed by atoms with van der Waals surface area (Å²) in [6.07, 6.45) is 1.45. The molecule has 3 aromatic rings. The minimum absolute atomic E-state index is 0.0377. The quantitative estimate of drug-likeness (QED) is 0.479. The molecule has 2 fully saturated rings. The fourth-order valence-corrected chi connectivity index (χ4v) is 4.72. The molecule has 3 aromatic heterocycles. The number of piperidine rings is 1. The predicted molar refractivity (Wildman–Crippen MR) is 116 cm³/mol. The van der Waals surface area contributed by atoms with Crippen molar-refractivity contribution in [3.8, 4) is 5.88 Å². The van der Waals surface area contributed by atoms with E-state index in [2.05, 4.69) is 29.9 Å². The van der Waals surface area contributed by atoms with Gasteiger partial charge in [-0.3, -0.25) is 4.98 Å². The van der Waals surface area contributed by atoms with E-state index in [1.807, 2.05) is 4.90 Å². The van der Waals surface area contributed by atoms with Crippen molar-refractivity contribution >= 4 is 22.8 Å². The second-order valence-corrected chi connectivity index (χ2v) is 8.93. The van der Waals surface area contributed by atoms with Gasteiger partial charge in [-0.15, -0.1) is 0 Å². The molecule has 2 aliphatic rings. The lowest BCUT2D eigenvalue weighted by molar-refractivity contribution is -0.154. The first-order valence-corrected chi connectivity index (χ1v) is 11.2. The first-order valence-electron chi connectivity index (χ1n) is 11.2. The molecule has 0 unspecified atom stereocenters. The van der Waals surface area contributed by atoms with Crippen molar-refractivity contribution in [2.45, 2.75) is 38.4 Å². The van der Waals surface area contributed by atoms with Gasteiger partial charge in [-0.05, 0) is 24.7 Å². The standard InChI is InChI=1S/C21H23F5N8O/c22-15(23)11-34-19-14(7-29-34)28-9-17(31-19)32-4-1-20(2-5-32)3-6-33(12-20)16-8-27-10-18(30-16)35-13-21(24,25)26/h7-10,15H,1-6,11-13H2. The first kappa shape index (κ1) is 23.4. The maximum Gasteiger partial charge on any atom is 0.422 e. The number of anilines is 2. The molecule has 0 aromatic carbocycles. The number of nitrogens with zero attached hydrogens (tertiary/aromatic N) is 8. The Morgan fingerprint density at radius 3 is 2.37 bits per heavy atom. The molecular formula is C21H23F5N8O. The molecule has 2 aliphatic heterocycles. The molecule has 1 spiro atoms. The Morgan fingerprint density at radius 2 is 1.66 bits per heavy atom. The van der Waals surface area contributed by atoms with E-state index in [0.29, 0.717) is 29.3 Å². The van der Waals surface area contributed by atoms with Crippen LogP contribution in [0.5, 0.6) is 5.88 Å². The number of ether oxygens (including phenoxy) is 1. The summed E-state index contributed by atoms with van der Waals surface area (Å²) < 4.78 is 68.9. The van der Waals surface area contributed by atoms with Crippen molar-refractivity contribution in [2.24, 2.45) is 5.41 Å². The van der Waals surface area contributed by atoms with Gasteiger partial charge in [0.05, 0.1) is 24.8 Å². The second-order valence-electron chi connectivity index (χ2n) is 8.93. The molecule has 35 heavy (non-hydrogen) atoms. The Balaban J connectivity index is 1.22. The van der Waals surface area contributed by atoms with Crippen molar-refractivity contribution in [2.75, 3.05) is 42.6 Å². The highest BCUT2D eigenvalue weighted by Gasteiger charge is 2.41. The average Bonchev–Trinajstić information content (AvgIpc) is 3.42. The molecule has 9 nitrogen and oxygen atoms in total. The zero-order chi connectivity index (χ0) is 24.6. The summed E-state index contributed by atoms with van der Waals surface area (Å²) in [7, 11) is 0. The summed E-state index contributed by atoms with van der Waals surface area (Å²) in [6, 6.07) is 0. The van der Waals surface area contributed by atoms with Crippen LogP contribution in [0.2, 0.25) is 0 Å². The summed E-state index contributed by atoms with van der Waals surface area (Å²) in [5.41, 5.74) is 0.842. The van der Waals surface area contributed by atoms with Gasteiger partial charge in [-0.2, -0.15) is 23.3 Å². The number of hydrogen-bond donors (Lipinski definition) is 0. The molecule has 0 amide bonds. The van der Waals surface area contributed by atoms with Gasteiger partial charge in [0, 0.05) is 26.2 Å². The molecule has 14 heteroatoms. The highest BCUT2D eigenvalue weighted by Crippen LogP contribution is 2.42. The van der Waals surface area contributed by atoms with Crippen LogP contribution < -0.4 is 14.5 Å². The average molecular weight is 498 g/mol. The number of rotatable bonds is 6. The summed E-state index contributed by atoms with van der Waals surface area (Å²) in [5.74, 6) is 0.960. The van der Waals surface area contributed by atoms with Crippen LogP contribution in [0, 0.1) is 5.41 Å². The van der Waals surface area contributed by atoms with E-state index in [4.69, 9.17) is 4.74 Å². The predicted octanol–water partition coefficient (Wildman–Crippen LogP) is 3.32. The van der Waals surface area contributed by atoms with Crippen molar-refractivity contribution in [3.05, 3.63) is 24.8 Å². The highest BCUT2D eigenvalue weighted by molar-refractivity contribution is 5.71. The molecule has 0 N–H and O–H groups in total. The number of fused-ring (bicyclic) bond motifs is 1. The first-order chi connectivity index (χ1) is 16.7. The Hall–Kier alpha value is -3.32. The zero-order valence-electron chi connectivity index (χ0n) is 18.6. The molecule has 0 saturated carbocycles. The molecule has 2 saturated heterocycles. The second kappa shape index (κ2) is 9.04. The zero-order valence-corrected chi connectivity index (χ0v) is 18.6. The Bertz CT molecular complexity index is 1180. The Kier molecular flexibility index (Phi) is 6.05. The van der Waals surface area contributed by atoms with Crippen molar-refractivity contribution < 1.29 is 26.7 Å². The van der Waals surface area contributed by atoms with Crippen LogP contribution in [0.4, 0.5) is 33.6 Å². The molecule has 0 radical (unpaired) electrons. The van der Waals surface area contributed by atoms with Crippen LogP contribution >= 0.6 is 0 Å². The van der Waals surface area contributed by atoms with E-state index in [1.165, 1.54) is 23.3 Å². The van der Waals surface area contributed by atoms with Gasteiger partial charge in [0.1, 0.15) is 17.9 Å². The van der Waals surface area contributed by atoms with Crippen molar-refractivity contribution in [1.82, 2.24) is 29.7 Å². The molecule has 0 bridgehead atoms. The van der Waals surface area contributed by atoms with Gasteiger partial charge >= 0.3 is 6.18 Å². The van der Waals surface area contributed by atoms with Crippen LogP contribution in [0.25, 0.3) is 11.2 Å². The van der Waals surface area contributed by atoms with E-state index in [0.717, 1.165) is 38.9 Å². The maximum atomic E-state index is 12.8. The fourth-order valence-electron chi connectivity index (χ4n) is 4.72. The monoisotopic (exact) mass is 498 g/mol. The van der Waals surface area contributed by atoms with Crippen molar-refractivity contribution in [1.29, 1.82) is 0 Å². The molecular weight excluding hydrogens is 475 g/mol. The fraction of sp³-hybridized carbons (Fsp3) is 0.571. The summed E-state index contributed by atoms with van der Waals surface area (Å²) in [6.45, 7) is 0.920. The summed E-state index contributed by atoms with van der Waals surface area (Å²) in [4.78, 5) is 21.2. The Morgan fingerprint density at radius 1 is 0.943 bits per heavy atom. The third-order valence-corrected chi connectivity index (χ3v) is 6.54. The maximum absolute atomic E-state index is 12.8. The van der Waals surface area contributed by atoms with Gasteiger partial charge in [0.2, 0.25) is 5.88 Å². The van der Waals surface area contributed by atoms with E-state index in [-0.39, 0.29) is 11.3 Å². The third kappa shape index (κ3) is 5.20. The van der Waals surface area contributed by atoms with E-state index >= 15 is 0 Å². The highest BCUT2D eigenvalue weighted by atomic mass is 19.4. The van der Waals surface area contributed by atoms with Gasteiger partial charge in [-0.1, -0.05) is 0 Å². The largest absolute Gasteiger partial charge is 0.467 e. The van der Waals surface area contributed by atoms with Gasteiger partial charge in [-0.25, -0.2) is 23.4 Å². The summed E-state index contributed by atoms with van der Waals surface area (Å²) >= 11 is 0. The number of alkyl halides is 5. The van der Waals surface area contributed by atoms with Crippen molar-refractivity contribution in [3.63, 3.8) is 0 Å². The third-order valence-electron chi connectivity index (χ3n) is 6.54. The topological polar surface area (TPSA) is 85.1 Å². The van der Waals surface area contributed by atoms with Crippen LogP contribution in [0.1, 0.15) is 19.3 Å². The lowest BCUT2D eigenvalue weighted by Gasteiger charge is -2.39. The normalized spacial score (nSPS) is 18.2. The molecule has 5 heterocycles. The minimum atomic E-state index is -4.44. The van der Waals surface area contributed by atoms with Crippen LogP contribution in [-0.2, 0) is 6.54 Å². The lowest BCUT2D eigenvalue weighted by Crippen LogP contribution is -2.42. The van der Waals surface area contributed by atoms with Crippen LogP contribution in [0.3, 0.4) is 0 Å². The molecule has 188 valence electrons. The van der Waals surface area contributed by atoms with Crippen LogP contribution in [-0.4, -0.2) is 75.1 Å². The number of halogens is 5. The SMILES string of the molecule is FC(F)Cn1ncc2ncc(N3CCC4(CCN(c5cncc(OCC(F)(F)F)n5)C4)CC3)nc21. The Labute approximate surface area is 196 Å². The molecule has 0 atom stereocenters. The molecule has 5 rings (SSSR count). The summed E-state index contributed by atoms with van der Waals surface area (Å²) in [5, 5.41) is 3.96. The van der Waals surface area contributed by atoms with Gasteiger partial charge in [0.15, 0.2) is 18.1 Å². The number of aromatic nitrogens is 6.